The monoisotopic (exact) mass is 447 g/mol. The number of benzene rings is 4. The van der Waals surface area contributed by atoms with E-state index in [-0.39, 0.29) is 6.03 Å². The van der Waals surface area contributed by atoms with E-state index in [0.717, 1.165) is 49.7 Å². The second kappa shape index (κ2) is 9.63. The van der Waals surface area contributed by atoms with Gasteiger partial charge in [-0.25, -0.2) is 4.79 Å². The molecule has 0 bridgehead atoms. The van der Waals surface area contributed by atoms with Crippen LogP contribution in [0.5, 0.6) is 5.75 Å². The number of nitrogens with zero attached hydrogens (tertiary/aromatic N) is 1. The number of fused-ring (bicyclic) bond motifs is 2. The molecule has 168 valence electrons. The van der Waals surface area contributed by atoms with E-state index in [1.165, 1.54) is 0 Å². The largest absolute Gasteiger partial charge is 0.494 e. The summed E-state index contributed by atoms with van der Waals surface area (Å²) in [5.41, 5.74) is 4.01. The van der Waals surface area contributed by atoms with E-state index in [4.69, 9.17) is 4.74 Å². The highest BCUT2D eigenvalue weighted by molar-refractivity contribution is 6.02. The Hall–Kier alpha value is -4.38. The van der Waals surface area contributed by atoms with E-state index in [1.54, 1.807) is 6.20 Å². The zero-order chi connectivity index (χ0) is 23.3. The number of nitrogens with one attached hydrogen (secondary N) is 2. The molecule has 0 radical (unpaired) electrons. The second-order valence-electron chi connectivity index (χ2n) is 7.99. The lowest BCUT2D eigenvalue weighted by Crippen LogP contribution is -2.28. The Morgan fingerprint density at radius 3 is 2.53 bits per heavy atom. The van der Waals surface area contributed by atoms with Gasteiger partial charge in [-0.05, 0) is 58.7 Å². The van der Waals surface area contributed by atoms with Gasteiger partial charge in [0.15, 0.2) is 0 Å². The number of urea groups is 1. The predicted octanol–water partition coefficient (Wildman–Crippen LogP) is 6.78. The van der Waals surface area contributed by atoms with Gasteiger partial charge in [0.05, 0.1) is 12.3 Å². The molecule has 0 spiro atoms. The van der Waals surface area contributed by atoms with Crippen molar-refractivity contribution in [2.24, 2.45) is 0 Å². The number of aromatic nitrogens is 1. The zero-order valence-corrected chi connectivity index (χ0v) is 18.9. The van der Waals surface area contributed by atoms with E-state index in [2.05, 4.69) is 33.8 Å². The van der Waals surface area contributed by atoms with Crippen LogP contribution in [0.2, 0.25) is 0 Å². The second-order valence-corrected chi connectivity index (χ2v) is 7.99. The molecule has 5 aromatic rings. The van der Waals surface area contributed by atoms with Crippen LogP contribution in [0.3, 0.4) is 0 Å². The molecule has 0 aliphatic heterocycles. The highest BCUT2D eigenvalue weighted by Crippen LogP contribution is 2.31. The molecule has 1 heterocycles. The van der Waals surface area contributed by atoms with Gasteiger partial charge in [0, 0.05) is 29.7 Å². The molecule has 0 atom stereocenters. The summed E-state index contributed by atoms with van der Waals surface area (Å²) in [6.07, 6.45) is 3.65. The van der Waals surface area contributed by atoms with Crippen LogP contribution in [0, 0.1) is 0 Å². The molecule has 2 N–H and O–H groups in total. The lowest BCUT2D eigenvalue weighted by molar-refractivity contribution is 0.252. The van der Waals surface area contributed by atoms with Gasteiger partial charge >= 0.3 is 6.03 Å². The summed E-state index contributed by atoms with van der Waals surface area (Å²) in [5.74, 6) is 0.857. The Labute approximate surface area is 198 Å². The number of amides is 2. The molecule has 34 heavy (non-hydrogen) atoms. The highest BCUT2D eigenvalue weighted by Gasteiger charge is 2.10. The van der Waals surface area contributed by atoms with Crippen LogP contribution in [-0.2, 0) is 6.54 Å². The Morgan fingerprint density at radius 1 is 0.853 bits per heavy atom. The van der Waals surface area contributed by atoms with Crippen molar-refractivity contribution in [1.82, 2.24) is 10.3 Å². The first-order valence-electron chi connectivity index (χ1n) is 11.3. The minimum absolute atomic E-state index is 0.246. The third-order valence-corrected chi connectivity index (χ3v) is 5.86. The number of ether oxygens (including phenoxy) is 1. The quantitative estimate of drug-likeness (QED) is 0.302. The van der Waals surface area contributed by atoms with Crippen LogP contribution < -0.4 is 15.4 Å². The van der Waals surface area contributed by atoms with Crippen molar-refractivity contribution in [1.29, 1.82) is 0 Å². The fraction of sp³-hybridized carbons (Fsp3) is 0.103. The zero-order valence-electron chi connectivity index (χ0n) is 18.9. The summed E-state index contributed by atoms with van der Waals surface area (Å²) in [6, 6.07) is 27.9. The average Bonchev–Trinajstić information content (AvgIpc) is 2.88. The van der Waals surface area contributed by atoms with Gasteiger partial charge in [-0.15, -0.1) is 0 Å². The molecular weight excluding hydrogens is 422 g/mol. The van der Waals surface area contributed by atoms with E-state index in [9.17, 15) is 4.79 Å². The van der Waals surface area contributed by atoms with Crippen LogP contribution in [0.25, 0.3) is 32.7 Å². The Bertz CT molecular complexity index is 1460. The molecule has 0 aliphatic carbocycles. The SMILES string of the molecule is CCOc1ccc(-c2ccc(CNC(=O)Nc3cccc4ccccc34)c3cnccc23)cc1. The highest BCUT2D eigenvalue weighted by atomic mass is 16.5. The minimum atomic E-state index is -0.246. The molecule has 0 saturated carbocycles. The molecule has 1 aromatic heterocycles. The summed E-state index contributed by atoms with van der Waals surface area (Å²) in [5, 5.41) is 10.2. The summed E-state index contributed by atoms with van der Waals surface area (Å²) in [7, 11) is 0. The van der Waals surface area contributed by atoms with Crippen molar-refractivity contribution < 1.29 is 9.53 Å². The first-order chi connectivity index (χ1) is 16.7. The molecule has 4 aromatic carbocycles. The fourth-order valence-corrected chi connectivity index (χ4v) is 4.23. The van der Waals surface area contributed by atoms with E-state index >= 15 is 0 Å². The van der Waals surface area contributed by atoms with Gasteiger partial charge in [0.1, 0.15) is 5.75 Å². The van der Waals surface area contributed by atoms with Crippen LogP contribution in [0.1, 0.15) is 12.5 Å². The van der Waals surface area contributed by atoms with Crippen molar-refractivity contribution in [3.63, 3.8) is 0 Å². The van der Waals surface area contributed by atoms with E-state index in [1.807, 2.05) is 79.9 Å². The standard InChI is InChI=1S/C29H25N3O2/c1-2-34-23-13-10-21(11-14-23)24-15-12-22(27-19-30-17-16-26(24)27)18-31-29(33)32-28-9-5-7-20-6-3-4-8-25(20)28/h3-17,19H,2,18H2,1H3,(H2,31,32,33). The molecule has 5 rings (SSSR count). The Morgan fingerprint density at radius 2 is 1.68 bits per heavy atom. The predicted molar refractivity (Wildman–Crippen MR) is 138 cm³/mol. The van der Waals surface area contributed by atoms with Gasteiger partial charge in [-0.2, -0.15) is 0 Å². The molecule has 0 aliphatic rings. The molecule has 0 saturated heterocycles. The number of pyridine rings is 1. The van der Waals surface area contributed by atoms with Gasteiger partial charge in [-0.3, -0.25) is 4.98 Å². The molecule has 5 nitrogen and oxygen atoms in total. The van der Waals surface area contributed by atoms with Crippen molar-refractivity contribution in [3.8, 4) is 16.9 Å². The lowest BCUT2D eigenvalue weighted by atomic mass is 9.96. The number of hydrogen-bond donors (Lipinski definition) is 2. The van der Waals surface area contributed by atoms with Crippen LogP contribution in [0.15, 0.2) is 97.3 Å². The normalized spacial score (nSPS) is 10.9. The van der Waals surface area contributed by atoms with Crippen molar-refractivity contribution >= 4 is 33.3 Å². The van der Waals surface area contributed by atoms with Crippen molar-refractivity contribution in [3.05, 3.63) is 103 Å². The molecule has 0 fully saturated rings. The molecule has 0 unspecified atom stereocenters. The van der Waals surface area contributed by atoms with Gasteiger partial charge in [-0.1, -0.05) is 60.7 Å². The summed E-state index contributed by atoms with van der Waals surface area (Å²) in [4.78, 5) is 17.0. The molecule has 5 heteroatoms. The first kappa shape index (κ1) is 21.5. The van der Waals surface area contributed by atoms with Crippen molar-refractivity contribution in [2.75, 3.05) is 11.9 Å². The van der Waals surface area contributed by atoms with E-state index in [0.29, 0.717) is 13.2 Å². The van der Waals surface area contributed by atoms with Gasteiger partial charge in [0.25, 0.3) is 0 Å². The maximum atomic E-state index is 12.7. The number of carbonyl (C=O) groups excluding carboxylic acids is 1. The minimum Gasteiger partial charge on any atom is -0.494 e. The maximum absolute atomic E-state index is 12.7. The van der Waals surface area contributed by atoms with Gasteiger partial charge < -0.3 is 15.4 Å². The van der Waals surface area contributed by atoms with Crippen LogP contribution in [-0.4, -0.2) is 17.6 Å². The fourth-order valence-electron chi connectivity index (χ4n) is 4.23. The first-order valence-corrected chi connectivity index (χ1v) is 11.3. The average molecular weight is 448 g/mol. The lowest BCUT2D eigenvalue weighted by Gasteiger charge is -2.14. The van der Waals surface area contributed by atoms with Crippen LogP contribution in [0.4, 0.5) is 10.5 Å². The summed E-state index contributed by atoms with van der Waals surface area (Å²) < 4.78 is 5.57. The third-order valence-electron chi connectivity index (χ3n) is 5.86. The number of anilines is 1. The maximum Gasteiger partial charge on any atom is 0.319 e. The third kappa shape index (κ3) is 4.41. The summed E-state index contributed by atoms with van der Waals surface area (Å²) in [6.45, 7) is 3.01. The smallest absolute Gasteiger partial charge is 0.319 e. The Balaban J connectivity index is 1.36. The van der Waals surface area contributed by atoms with Gasteiger partial charge in [0.2, 0.25) is 0 Å². The van der Waals surface area contributed by atoms with E-state index < -0.39 is 0 Å². The topological polar surface area (TPSA) is 63.2 Å². The summed E-state index contributed by atoms with van der Waals surface area (Å²) >= 11 is 0. The molecular formula is C29H25N3O2. The van der Waals surface area contributed by atoms with Crippen LogP contribution >= 0.6 is 0 Å². The number of rotatable bonds is 6. The number of carbonyl (C=O) groups is 1. The Kier molecular flexibility index (Phi) is 6.08. The number of hydrogen-bond acceptors (Lipinski definition) is 3. The van der Waals surface area contributed by atoms with Crippen molar-refractivity contribution in [2.45, 2.75) is 13.5 Å². The molecule has 2 amide bonds.